The van der Waals surface area contributed by atoms with Crippen molar-refractivity contribution in [3.8, 4) is 0 Å². The number of aromatic nitrogens is 2. The Hall–Kier alpha value is -1.36. The average molecular weight is 209 g/mol. The molecule has 2 heterocycles. The maximum absolute atomic E-state index is 10.8. The minimum Gasteiger partial charge on any atom is -0.369 e. The molecule has 2 N–H and O–H groups in total. The van der Waals surface area contributed by atoms with E-state index in [-0.39, 0.29) is 18.6 Å². The summed E-state index contributed by atoms with van der Waals surface area (Å²) in [7, 11) is 0. The summed E-state index contributed by atoms with van der Waals surface area (Å²) in [4.78, 5) is 10.8. The first kappa shape index (κ1) is 10.2. The lowest BCUT2D eigenvalue weighted by Crippen LogP contribution is -2.23. The van der Waals surface area contributed by atoms with Crippen LogP contribution in [0.25, 0.3) is 0 Å². The lowest BCUT2D eigenvalue weighted by molar-refractivity contribution is -0.117. The van der Waals surface area contributed by atoms with Crippen molar-refractivity contribution in [2.75, 3.05) is 6.61 Å². The second kappa shape index (κ2) is 4.44. The SMILES string of the molecule is NC(=O)Cc1ccnn1C1CCCCO1. The van der Waals surface area contributed by atoms with Gasteiger partial charge >= 0.3 is 0 Å². The van der Waals surface area contributed by atoms with E-state index in [0.29, 0.717) is 0 Å². The van der Waals surface area contributed by atoms with Crippen LogP contribution in [0, 0.1) is 0 Å². The molecule has 0 aromatic carbocycles. The molecule has 82 valence electrons. The summed E-state index contributed by atoms with van der Waals surface area (Å²) < 4.78 is 7.36. The molecule has 5 heteroatoms. The largest absolute Gasteiger partial charge is 0.369 e. The van der Waals surface area contributed by atoms with E-state index in [4.69, 9.17) is 10.5 Å². The number of hydrogen-bond donors (Lipinski definition) is 1. The first-order valence-corrected chi connectivity index (χ1v) is 5.19. The molecule has 1 fully saturated rings. The zero-order valence-electron chi connectivity index (χ0n) is 8.56. The summed E-state index contributed by atoms with van der Waals surface area (Å²) in [6, 6.07) is 1.81. The number of ether oxygens (including phenoxy) is 1. The fourth-order valence-electron chi connectivity index (χ4n) is 1.84. The number of hydrogen-bond acceptors (Lipinski definition) is 3. The first-order chi connectivity index (χ1) is 7.27. The zero-order chi connectivity index (χ0) is 10.7. The quantitative estimate of drug-likeness (QED) is 0.792. The van der Waals surface area contributed by atoms with Crippen molar-refractivity contribution in [3.63, 3.8) is 0 Å². The molecule has 1 aliphatic rings. The lowest BCUT2D eigenvalue weighted by atomic mass is 10.2. The van der Waals surface area contributed by atoms with Crippen molar-refractivity contribution >= 4 is 5.91 Å². The van der Waals surface area contributed by atoms with Gasteiger partial charge in [0.1, 0.15) is 6.23 Å². The van der Waals surface area contributed by atoms with Gasteiger partial charge in [0, 0.05) is 12.8 Å². The van der Waals surface area contributed by atoms with Crippen molar-refractivity contribution < 1.29 is 9.53 Å². The summed E-state index contributed by atoms with van der Waals surface area (Å²) in [6.45, 7) is 0.764. The van der Waals surface area contributed by atoms with Crippen molar-refractivity contribution in [2.45, 2.75) is 31.9 Å². The van der Waals surface area contributed by atoms with Crippen molar-refractivity contribution in [3.05, 3.63) is 18.0 Å². The predicted octanol–water partition coefficient (Wildman–Crippen LogP) is 0.610. The van der Waals surface area contributed by atoms with Crippen LogP contribution in [0.2, 0.25) is 0 Å². The molecule has 0 spiro atoms. The van der Waals surface area contributed by atoms with E-state index in [1.165, 1.54) is 0 Å². The molecule has 1 unspecified atom stereocenters. The van der Waals surface area contributed by atoms with Gasteiger partial charge < -0.3 is 10.5 Å². The Labute approximate surface area is 88.2 Å². The Morgan fingerprint density at radius 3 is 3.20 bits per heavy atom. The number of amides is 1. The Morgan fingerprint density at radius 2 is 2.53 bits per heavy atom. The van der Waals surface area contributed by atoms with E-state index >= 15 is 0 Å². The van der Waals surface area contributed by atoms with Gasteiger partial charge in [-0.25, -0.2) is 4.68 Å². The van der Waals surface area contributed by atoms with Gasteiger partial charge in [-0.05, 0) is 25.3 Å². The van der Waals surface area contributed by atoms with E-state index in [9.17, 15) is 4.79 Å². The Kier molecular flexibility index (Phi) is 3.01. The third-order valence-electron chi connectivity index (χ3n) is 2.54. The van der Waals surface area contributed by atoms with Crippen LogP contribution in [0.1, 0.15) is 31.2 Å². The monoisotopic (exact) mass is 209 g/mol. The highest BCUT2D eigenvalue weighted by Crippen LogP contribution is 2.23. The van der Waals surface area contributed by atoms with Crippen LogP contribution in [0.4, 0.5) is 0 Å². The highest BCUT2D eigenvalue weighted by molar-refractivity contribution is 5.76. The van der Waals surface area contributed by atoms with Crippen molar-refractivity contribution in [1.29, 1.82) is 0 Å². The van der Waals surface area contributed by atoms with Gasteiger partial charge in [-0.2, -0.15) is 5.10 Å². The molecule has 1 atom stereocenters. The predicted molar refractivity (Wildman–Crippen MR) is 54.0 cm³/mol. The van der Waals surface area contributed by atoms with Gasteiger partial charge in [-0.3, -0.25) is 4.79 Å². The Morgan fingerprint density at radius 1 is 1.67 bits per heavy atom. The summed E-state index contributed by atoms with van der Waals surface area (Å²) in [5, 5.41) is 4.18. The summed E-state index contributed by atoms with van der Waals surface area (Å²) >= 11 is 0. The van der Waals surface area contributed by atoms with Gasteiger partial charge in [0.15, 0.2) is 0 Å². The first-order valence-electron chi connectivity index (χ1n) is 5.19. The molecule has 5 nitrogen and oxygen atoms in total. The van der Waals surface area contributed by atoms with Crippen molar-refractivity contribution in [1.82, 2.24) is 9.78 Å². The number of primary amides is 1. The number of nitrogens with two attached hydrogens (primary N) is 1. The maximum atomic E-state index is 10.8. The summed E-state index contributed by atoms with van der Waals surface area (Å²) in [5.41, 5.74) is 5.99. The van der Waals surface area contributed by atoms with Gasteiger partial charge in [0.05, 0.1) is 12.1 Å². The maximum Gasteiger partial charge on any atom is 0.223 e. The minimum atomic E-state index is -0.340. The molecule has 1 aromatic heterocycles. The summed E-state index contributed by atoms with van der Waals surface area (Å²) in [5.74, 6) is -0.340. The van der Waals surface area contributed by atoms with Crippen LogP contribution in [0.3, 0.4) is 0 Å². The van der Waals surface area contributed by atoms with Crippen LogP contribution in [0.5, 0.6) is 0 Å². The third-order valence-corrected chi connectivity index (χ3v) is 2.54. The minimum absolute atomic E-state index is 0.0249. The number of nitrogens with zero attached hydrogens (tertiary/aromatic N) is 2. The molecule has 1 aliphatic heterocycles. The molecule has 0 saturated carbocycles. The summed E-state index contributed by atoms with van der Waals surface area (Å²) in [6.07, 6.45) is 5.07. The Balaban J connectivity index is 2.12. The van der Waals surface area contributed by atoms with E-state index < -0.39 is 0 Å². The number of carbonyl (C=O) groups excluding carboxylic acids is 1. The molecular weight excluding hydrogens is 194 g/mol. The molecule has 1 amide bonds. The van der Waals surface area contributed by atoms with Crippen LogP contribution in [0.15, 0.2) is 12.3 Å². The van der Waals surface area contributed by atoms with E-state index in [2.05, 4.69) is 5.10 Å². The molecule has 1 aromatic rings. The second-order valence-corrected chi connectivity index (χ2v) is 3.73. The van der Waals surface area contributed by atoms with Gasteiger partial charge in [-0.15, -0.1) is 0 Å². The third kappa shape index (κ3) is 2.36. The standard InChI is InChI=1S/C10H15N3O2/c11-9(14)7-8-4-5-12-13(8)10-3-1-2-6-15-10/h4-5,10H,1-3,6-7H2,(H2,11,14). The molecule has 0 radical (unpaired) electrons. The van der Waals surface area contributed by atoms with Gasteiger partial charge in [0.25, 0.3) is 0 Å². The van der Waals surface area contributed by atoms with Crippen LogP contribution < -0.4 is 5.73 Å². The normalized spacial score (nSPS) is 21.5. The second-order valence-electron chi connectivity index (χ2n) is 3.73. The van der Waals surface area contributed by atoms with Gasteiger partial charge in [0.2, 0.25) is 5.91 Å². The fraction of sp³-hybridized carbons (Fsp3) is 0.600. The highest BCUT2D eigenvalue weighted by atomic mass is 16.5. The van der Waals surface area contributed by atoms with E-state index in [1.54, 1.807) is 10.9 Å². The topological polar surface area (TPSA) is 70.1 Å². The van der Waals surface area contributed by atoms with Crippen LogP contribution >= 0.6 is 0 Å². The smallest absolute Gasteiger partial charge is 0.223 e. The average Bonchev–Trinajstić information content (AvgIpc) is 2.66. The lowest BCUT2D eigenvalue weighted by Gasteiger charge is -2.24. The molecule has 1 saturated heterocycles. The zero-order valence-corrected chi connectivity index (χ0v) is 8.56. The molecule has 0 bridgehead atoms. The Bertz CT molecular complexity index is 342. The van der Waals surface area contributed by atoms with Crippen LogP contribution in [-0.2, 0) is 16.0 Å². The van der Waals surface area contributed by atoms with Gasteiger partial charge in [-0.1, -0.05) is 0 Å². The molecule has 2 rings (SSSR count). The molecule has 15 heavy (non-hydrogen) atoms. The number of carbonyl (C=O) groups is 1. The van der Waals surface area contributed by atoms with Crippen molar-refractivity contribution in [2.24, 2.45) is 5.73 Å². The van der Waals surface area contributed by atoms with E-state index in [1.807, 2.05) is 6.07 Å². The fourth-order valence-corrected chi connectivity index (χ4v) is 1.84. The molecular formula is C10H15N3O2. The van der Waals surface area contributed by atoms with Crippen LogP contribution in [-0.4, -0.2) is 22.3 Å². The molecule has 0 aliphatic carbocycles. The highest BCUT2D eigenvalue weighted by Gasteiger charge is 2.19. The van der Waals surface area contributed by atoms with E-state index in [0.717, 1.165) is 31.6 Å². The number of rotatable bonds is 3.